The van der Waals surface area contributed by atoms with Gasteiger partial charge < -0.3 is 10.1 Å². The van der Waals surface area contributed by atoms with Crippen LogP contribution in [0.15, 0.2) is 40.3 Å². The molecule has 1 aromatic carbocycles. The van der Waals surface area contributed by atoms with Gasteiger partial charge in [0.2, 0.25) is 5.91 Å². The lowest BCUT2D eigenvalue weighted by molar-refractivity contribution is -0.119. The van der Waals surface area contributed by atoms with Gasteiger partial charge in [0.1, 0.15) is 0 Å². The van der Waals surface area contributed by atoms with Gasteiger partial charge in [-0.2, -0.15) is 0 Å². The molecule has 1 heterocycles. The van der Waals surface area contributed by atoms with Crippen molar-refractivity contribution in [3.05, 3.63) is 46.4 Å². The third-order valence-electron chi connectivity index (χ3n) is 4.35. The lowest BCUT2D eigenvalue weighted by Gasteiger charge is -2.18. The summed E-state index contributed by atoms with van der Waals surface area (Å²) in [6, 6.07) is 10.1. The van der Waals surface area contributed by atoms with Gasteiger partial charge >= 0.3 is 5.69 Å². The van der Waals surface area contributed by atoms with E-state index in [9.17, 15) is 9.59 Å². The number of carbonyl (C=O) groups excluding carboxylic acids is 1. The van der Waals surface area contributed by atoms with Gasteiger partial charge in [0.05, 0.1) is 11.8 Å². The van der Waals surface area contributed by atoms with Crippen LogP contribution in [0.25, 0.3) is 0 Å². The number of H-pyrrole nitrogens is 1. The van der Waals surface area contributed by atoms with Crippen LogP contribution in [0.5, 0.6) is 0 Å². The molecule has 0 bridgehead atoms. The van der Waals surface area contributed by atoms with Crippen molar-refractivity contribution in [3.8, 4) is 0 Å². The molecule has 0 spiro atoms. The van der Waals surface area contributed by atoms with E-state index in [-0.39, 0.29) is 23.4 Å². The van der Waals surface area contributed by atoms with Gasteiger partial charge in [-0.1, -0.05) is 42.1 Å². The van der Waals surface area contributed by atoms with Crippen LogP contribution in [0.2, 0.25) is 0 Å². The van der Waals surface area contributed by atoms with Gasteiger partial charge in [-0.05, 0) is 30.7 Å². The molecule has 1 atom stereocenters. The first-order valence-corrected chi connectivity index (χ1v) is 9.79. The number of benzene rings is 1. The predicted octanol–water partition coefficient (Wildman–Crippen LogP) is 1.97. The summed E-state index contributed by atoms with van der Waals surface area (Å²) in [4.78, 5) is 24.3. The average Bonchev–Trinajstić information content (AvgIpc) is 3.44. The summed E-state index contributed by atoms with van der Waals surface area (Å²) in [5.41, 5.74) is 0.883. The third-order valence-corrected chi connectivity index (χ3v) is 5.33. The van der Waals surface area contributed by atoms with E-state index in [1.807, 2.05) is 18.2 Å². The van der Waals surface area contributed by atoms with Crippen LogP contribution in [-0.2, 0) is 16.1 Å². The molecule has 0 saturated heterocycles. The monoisotopic (exact) mass is 376 g/mol. The third kappa shape index (κ3) is 4.98. The lowest BCUT2D eigenvalue weighted by Crippen LogP contribution is -2.31. The number of nitrogens with zero attached hydrogens (tertiary/aromatic N) is 2. The molecule has 1 aromatic heterocycles. The number of thioether (sulfide) groups is 1. The van der Waals surface area contributed by atoms with Crippen molar-refractivity contribution in [2.24, 2.45) is 5.92 Å². The quantitative estimate of drug-likeness (QED) is 0.489. The zero-order valence-corrected chi connectivity index (χ0v) is 15.6. The molecular formula is C18H24N4O3S. The van der Waals surface area contributed by atoms with Gasteiger partial charge in [0.15, 0.2) is 5.16 Å². The summed E-state index contributed by atoms with van der Waals surface area (Å²) in [5.74, 6) is 0.698. The molecule has 1 fully saturated rings. The SMILES string of the molecule is COCCCn1c(SCC(=O)NC(c2ccccc2)C2CC2)n[nH]c1=O. The summed E-state index contributed by atoms with van der Waals surface area (Å²) in [6.45, 7) is 1.09. The number of nitrogens with one attached hydrogen (secondary N) is 2. The molecule has 0 aliphatic heterocycles. The molecule has 0 radical (unpaired) electrons. The van der Waals surface area contributed by atoms with Crippen LogP contribution in [0.1, 0.15) is 30.9 Å². The van der Waals surface area contributed by atoms with Crippen molar-refractivity contribution in [3.63, 3.8) is 0 Å². The predicted molar refractivity (Wildman–Crippen MR) is 100 cm³/mol. The fourth-order valence-corrected chi connectivity index (χ4v) is 3.67. The second-order valence-electron chi connectivity index (χ2n) is 6.39. The fraction of sp³-hybridized carbons (Fsp3) is 0.500. The summed E-state index contributed by atoms with van der Waals surface area (Å²) in [6.07, 6.45) is 3.00. The summed E-state index contributed by atoms with van der Waals surface area (Å²) < 4.78 is 6.56. The Bertz CT molecular complexity index is 770. The van der Waals surface area contributed by atoms with Gasteiger partial charge in [0, 0.05) is 20.3 Å². The summed E-state index contributed by atoms with van der Waals surface area (Å²) in [5, 5.41) is 10.1. The van der Waals surface area contributed by atoms with Crippen molar-refractivity contribution in [1.29, 1.82) is 0 Å². The van der Waals surface area contributed by atoms with E-state index in [1.54, 1.807) is 11.7 Å². The van der Waals surface area contributed by atoms with Crippen LogP contribution in [0.4, 0.5) is 0 Å². The second-order valence-corrected chi connectivity index (χ2v) is 7.33. The Hall–Kier alpha value is -2.06. The van der Waals surface area contributed by atoms with E-state index in [0.717, 1.165) is 18.4 Å². The van der Waals surface area contributed by atoms with E-state index >= 15 is 0 Å². The molecular weight excluding hydrogens is 352 g/mol. The Labute approximate surface area is 156 Å². The molecule has 1 saturated carbocycles. The van der Waals surface area contributed by atoms with E-state index < -0.39 is 0 Å². The van der Waals surface area contributed by atoms with E-state index in [0.29, 0.717) is 30.6 Å². The van der Waals surface area contributed by atoms with Crippen molar-refractivity contribution in [2.75, 3.05) is 19.5 Å². The molecule has 2 N–H and O–H groups in total. The smallest absolute Gasteiger partial charge is 0.343 e. The highest BCUT2D eigenvalue weighted by Gasteiger charge is 2.33. The number of methoxy groups -OCH3 is 1. The maximum atomic E-state index is 12.4. The Balaban J connectivity index is 1.56. The molecule has 1 amide bonds. The number of hydrogen-bond acceptors (Lipinski definition) is 5. The zero-order valence-electron chi connectivity index (χ0n) is 14.8. The van der Waals surface area contributed by atoms with Crippen LogP contribution >= 0.6 is 11.8 Å². The van der Waals surface area contributed by atoms with Crippen LogP contribution in [0, 0.1) is 5.92 Å². The number of ether oxygens (including phenoxy) is 1. The minimum Gasteiger partial charge on any atom is -0.385 e. The molecule has 140 valence electrons. The highest BCUT2D eigenvalue weighted by molar-refractivity contribution is 7.99. The standard InChI is InChI=1S/C18H24N4O3S/c1-25-11-5-10-22-17(24)20-21-18(22)26-12-15(23)19-16(14-8-9-14)13-6-3-2-4-7-13/h2-4,6-7,14,16H,5,8-12H2,1H3,(H,19,23)(H,20,24). The van der Waals surface area contributed by atoms with Crippen molar-refractivity contribution >= 4 is 17.7 Å². The van der Waals surface area contributed by atoms with Crippen LogP contribution < -0.4 is 11.0 Å². The number of amides is 1. The summed E-state index contributed by atoms with van der Waals surface area (Å²) in [7, 11) is 1.63. The first-order valence-electron chi connectivity index (χ1n) is 8.80. The Morgan fingerprint density at radius 2 is 2.19 bits per heavy atom. The number of aromatic amines is 1. The van der Waals surface area contributed by atoms with Crippen molar-refractivity contribution < 1.29 is 9.53 Å². The molecule has 1 unspecified atom stereocenters. The normalized spacial score (nSPS) is 15.0. The second kappa shape index (κ2) is 9.05. The lowest BCUT2D eigenvalue weighted by atomic mass is 10.0. The van der Waals surface area contributed by atoms with Crippen LogP contribution in [0.3, 0.4) is 0 Å². The van der Waals surface area contributed by atoms with Crippen LogP contribution in [-0.4, -0.2) is 40.1 Å². The van der Waals surface area contributed by atoms with Gasteiger partial charge in [-0.15, -0.1) is 5.10 Å². The van der Waals surface area contributed by atoms with E-state index in [2.05, 4.69) is 27.6 Å². The number of carbonyl (C=O) groups is 1. The first kappa shape index (κ1) is 18.7. The Morgan fingerprint density at radius 1 is 1.42 bits per heavy atom. The summed E-state index contributed by atoms with van der Waals surface area (Å²) >= 11 is 1.27. The number of hydrogen-bond donors (Lipinski definition) is 2. The van der Waals surface area contributed by atoms with Gasteiger partial charge in [-0.25, -0.2) is 9.89 Å². The topological polar surface area (TPSA) is 89.0 Å². The van der Waals surface area contributed by atoms with E-state index in [4.69, 9.17) is 4.74 Å². The molecule has 3 rings (SSSR count). The average molecular weight is 376 g/mol. The molecule has 8 heteroatoms. The molecule has 1 aliphatic carbocycles. The molecule has 26 heavy (non-hydrogen) atoms. The Morgan fingerprint density at radius 3 is 2.88 bits per heavy atom. The minimum atomic E-state index is -0.260. The van der Waals surface area contributed by atoms with E-state index in [1.165, 1.54) is 11.8 Å². The first-order chi connectivity index (χ1) is 12.7. The van der Waals surface area contributed by atoms with Crippen molar-refractivity contribution in [2.45, 2.75) is 37.0 Å². The largest absolute Gasteiger partial charge is 0.385 e. The zero-order chi connectivity index (χ0) is 18.4. The minimum absolute atomic E-state index is 0.0466. The highest BCUT2D eigenvalue weighted by Crippen LogP contribution is 2.40. The number of aromatic nitrogens is 3. The molecule has 7 nitrogen and oxygen atoms in total. The van der Waals surface area contributed by atoms with Gasteiger partial charge in [0.25, 0.3) is 0 Å². The Kier molecular flexibility index (Phi) is 6.51. The number of rotatable bonds is 10. The fourth-order valence-electron chi connectivity index (χ4n) is 2.89. The maximum absolute atomic E-state index is 12.4. The molecule has 2 aromatic rings. The maximum Gasteiger partial charge on any atom is 0.343 e. The van der Waals surface area contributed by atoms with Gasteiger partial charge in [-0.3, -0.25) is 9.36 Å². The molecule has 1 aliphatic rings. The van der Waals surface area contributed by atoms with Crippen molar-refractivity contribution in [1.82, 2.24) is 20.1 Å². The highest BCUT2D eigenvalue weighted by atomic mass is 32.2.